The molecule has 102 valence electrons. The zero-order valence-corrected chi connectivity index (χ0v) is 14.0. The maximum atomic E-state index is 12.0. The van der Waals surface area contributed by atoms with Crippen LogP contribution in [0.3, 0.4) is 0 Å². The molecule has 4 nitrogen and oxygen atoms in total. The molecule has 0 aromatic heterocycles. The van der Waals surface area contributed by atoms with Crippen LogP contribution in [0.2, 0.25) is 0 Å². The SMILES string of the molecule is O=C(CCNC(=O)c1cc(I)ccc1Br)NC1CC1. The first-order valence-corrected chi connectivity index (χ1v) is 7.96. The molecule has 2 rings (SSSR count). The number of carbonyl (C=O) groups excluding carboxylic acids is 2. The Morgan fingerprint density at radius 1 is 1.37 bits per heavy atom. The van der Waals surface area contributed by atoms with E-state index >= 15 is 0 Å². The smallest absolute Gasteiger partial charge is 0.252 e. The Balaban J connectivity index is 1.80. The Labute approximate surface area is 134 Å². The maximum absolute atomic E-state index is 12.0. The molecule has 1 aliphatic carbocycles. The number of hydrogen-bond donors (Lipinski definition) is 2. The highest BCUT2D eigenvalue weighted by Gasteiger charge is 2.22. The Morgan fingerprint density at radius 3 is 2.79 bits per heavy atom. The van der Waals surface area contributed by atoms with Gasteiger partial charge in [-0.15, -0.1) is 0 Å². The molecule has 0 bridgehead atoms. The van der Waals surface area contributed by atoms with Gasteiger partial charge in [0.25, 0.3) is 5.91 Å². The standard InChI is InChI=1S/C13H14BrIN2O2/c14-11-4-1-8(15)7-10(11)13(19)16-6-5-12(18)17-9-2-3-9/h1,4,7,9H,2-3,5-6H2,(H,16,19)(H,17,18). The summed E-state index contributed by atoms with van der Waals surface area (Å²) >= 11 is 5.51. The van der Waals surface area contributed by atoms with Crippen molar-refractivity contribution in [1.82, 2.24) is 10.6 Å². The number of benzene rings is 1. The lowest BCUT2D eigenvalue weighted by Gasteiger charge is -2.07. The quantitative estimate of drug-likeness (QED) is 0.696. The van der Waals surface area contributed by atoms with Gasteiger partial charge in [0.15, 0.2) is 0 Å². The van der Waals surface area contributed by atoms with Crippen molar-refractivity contribution in [2.45, 2.75) is 25.3 Å². The van der Waals surface area contributed by atoms with E-state index in [1.807, 2.05) is 18.2 Å². The molecular formula is C13H14BrIN2O2. The maximum Gasteiger partial charge on any atom is 0.252 e. The number of hydrogen-bond acceptors (Lipinski definition) is 2. The summed E-state index contributed by atoms with van der Waals surface area (Å²) in [6.45, 7) is 0.356. The Bertz CT molecular complexity index is 503. The van der Waals surface area contributed by atoms with Crippen molar-refractivity contribution in [3.8, 4) is 0 Å². The third-order valence-corrected chi connectivity index (χ3v) is 4.12. The second kappa shape index (κ2) is 6.69. The van der Waals surface area contributed by atoms with Gasteiger partial charge in [0.05, 0.1) is 5.56 Å². The minimum absolute atomic E-state index is 0.00417. The van der Waals surface area contributed by atoms with Gasteiger partial charge in [-0.1, -0.05) is 0 Å². The van der Waals surface area contributed by atoms with E-state index in [0.29, 0.717) is 24.6 Å². The third-order valence-electron chi connectivity index (χ3n) is 2.75. The van der Waals surface area contributed by atoms with Crippen molar-refractivity contribution in [3.05, 3.63) is 31.8 Å². The van der Waals surface area contributed by atoms with E-state index in [1.54, 1.807) is 0 Å². The number of carbonyl (C=O) groups is 2. The monoisotopic (exact) mass is 436 g/mol. The minimum atomic E-state index is -0.162. The second-order valence-corrected chi connectivity index (χ2v) is 6.57. The summed E-state index contributed by atoms with van der Waals surface area (Å²) in [6.07, 6.45) is 2.48. The number of rotatable bonds is 5. The lowest BCUT2D eigenvalue weighted by Crippen LogP contribution is -2.31. The molecule has 0 atom stereocenters. The normalized spacial score (nSPS) is 14.0. The predicted molar refractivity (Wildman–Crippen MR) is 85.0 cm³/mol. The highest BCUT2D eigenvalue weighted by Crippen LogP contribution is 2.19. The van der Waals surface area contributed by atoms with Crippen LogP contribution in [0.15, 0.2) is 22.7 Å². The molecule has 0 radical (unpaired) electrons. The van der Waals surface area contributed by atoms with Crippen molar-refractivity contribution in [3.63, 3.8) is 0 Å². The topological polar surface area (TPSA) is 58.2 Å². The first-order chi connectivity index (χ1) is 9.06. The number of halogens is 2. The third kappa shape index (κ3) is 4.76. The molecule has 1 aromatic rings. The summed E-state index contributed by atoms with van der Waals surface area (Å²) in [5, 5.41) is 5.65. The molecule has 1 aromatic carbocycles. The van der Waals surface area contributed by atoms with Gasteiger partial charge in [0, 0.05) is 27.1 Å². The largest absolute Gasteiger partial charge is 0.353 e. The van der Waals surface area contributed by atoms with Gasteiger partial charge in [-0.2, -0.15) is 0 Å². The minimum Gasteiger partial charge on any atom is -0.353 e. The summed E-state index contributed by atoms with van der Waals surface area (Å²) < 4.78 is 1.75. The fourth-order valence-electron chi connectivity index (χ4n) is 1.58. The van der Waals surface area contributed by atoms with Crippen molar-refractivity contribution in [2.24, 2.45) is 0 Å². The molecule has 19 heavy (non-hydrogen) atoms. The summed E-state index contributed by atoms with van der Waals surface area (Å²) in [5.41, 5.74) is 0.592. The fraction of sp³-hybridized carbons (Fsp3) is 0.385. The molecule has 1 aliphatic rings. The predicted octanol–water partition coefficient (Wildman–Crippen LogP) is 2.45. The second-order valence-electron chi connectivity index (χ2n) is 4.47. The molecule has 2 amide bonds. The molecule has 0 saturated heterocycles. The lowest BCUT2D eigenvalue weighted by atomic mass is 10.2. The average molecular weight is 437 g/mol. The highest BCUT2D eigenvalue weighted by atomic mass is 127. The molecule has 1 saturated carbocycles. The molecule has 0 spiro atoms. The van der Waals surface area contributed by atoms with Crippen molar-refractivity contribution >= 4 is 50.3 Å². The zero-order valence-electron chi connectivity index (χ0n) is 10.2. The molecule has 6 heteroatoms. The van der Waals surface area contributed by atoms with Gasteiger partial charge in [-0.05, 0) is 69.6 Å². The van der Waals surface area contributed by atoms with Gasteiger partial charge >= 0.3 is 0 Å². The Hall–Kier alpha value is -0.630. The van der Waals surface area contributed by atoms with E-state index in [4.69, 9.17) is 0 Å². The van der Waals surface area contributed by atoms with Crippen molar-refractivity contribution in [2.75, 3.05) is 6.54 Å². The van der Waals surface area contributed by atoms with Crippen molar-refractivity contribution in [1.29, 1.82) is 0 Å². The van der Waals surface area contributed by atoms with E-state index in [2.05, 4.69) is 49.2 Å². The van der Waals surface area contributed by atoms with E-state index in [1.165, 1.54) is 0 Å². The van der Waals surface area contributed by atoms with E-state index in [-0.39, 0.29) is 11.8 Å². The molecule has 0 heterocycles. The highest BCUT2D eigenvalue weighted by molar-refractivity contribution is 14.1. The van der Waals surface area contributed by atoms with Crippen LogP contribution in [0.25, 0.3) is 0 Å². The molecule has 0 aliphatic heterocycles. The zero-order chi connectivity index (χ0) is 13.8. The molecule has 2 N–H and O–H groups in total. The first-order valence-electron chi connectivity index (χ1n) is 6.09. The van der Waals surface area contributed by atoms with Gasteiger partial charge < -0.3 is 10.6 Å². The number of nitrogens with one attached hydrogen (secondary N) is 2. The van der Waals surface area contributed by atoms with Crippen LogP contribution < -0.4 is 10.6 Å². The van der Waals surface area contributed by atoms with E-state index < -0.39 is 0 Å². The van der Waals surface area contributed by atoms with Crippen LogP contribution in [0.1, 0.15) is 29.6 Å². The summed E-state index contributed by atoms with van der Waals surface area (Å²) in [7, 11) is 0. The molecule has 1 fully saturated rings. The van der Waals surface area contributed by atoms with E-state index in [9.17, 15) is 9.59 Å². The summed E-state index contributed by atoms with van der Waals surface area (Å²) in [4.78, 5) is 23.4. The first kappa shape index (κ1) is 14.8. The number of amides is 2. The Kier molecular flexibility index (Phi) is 5.20. The van der Waals surface area contributed by atoms with Crippen molar-refractivity contribution < 1.29 is 9.59 Å². The average Bonchev–Trinajstić information content (AvgIpc) is 3.16. The summed E-state index contributed by atoms with van der Waals surface area (Å²) in [6, 6.07) is 5.94. The van der Waals surface area contributed by atoms with Gasteiger partial charge in [0.1, 0.15) is 0 Å². The molecule has 0 unspecified atom stereocenters. The van der Waals surface area contributed by atoms with Gasteiger partial charge in [-0.3, -0.25) is 9.59 Å². The van der Waals surface area contributed by atoms with Crippen LogP contribution in [0.5, 0.6) is 0 Å². The van der Waals surface area contributed by atoms with Crippen LogP contribution in [-0.4, -0.2) is 24.4 Å². The van der Waals surface area contributed by atoms with E-state index in [0.717, 1.165) is 20.9 Å². The van der Waals surface area contributed by atoms with Gasteiger partial charge in [-0.25, -0.2) is 0 Å². The summed E-state index contributed by atoms with van der Waals surface area (Å²) in [5.74, 6) is -0.158. The van der Waals surface area contributed by atoms with Crippen LogP contribution >= 0.6 is 38.5 Å². The van der Waals surface area contributed by atoms with Gasteiger partial charge in [0.2, 0.25) is 5.91 Å². The van der Waals surface area contributed by atoms with Crippen LogP contribution in [0, 0.1) is 3.57 Å². The fourth-order valence-corrected chi connectivity index (χ4v) is 2.50. The van der Waals surface area contributed by atoms with Crippen LogP contribution in [-0.2, 0) is 4.79 Å². The van der Waals surface area contributed by atoms with Crippen LogP contribution in [0.4, 0.5) is 0 Å². The Morgan fingerprint density at radius 2 is 2.11 bits per heavy atom. The lowest BCUT2D eigenvalue weighted by molar-refractivity contribution is -0.121. The molecular weight excluding hydrogens is 423 g/mol.